The van der Waals surface area contributed by atoms with Crippen LogP contribution in [0.2, 0.25) is 0 Å². The fourth-order valence-electron chi connectivity index (χ4n) is 4.89. The maximum atomic E-state index is 10.9. The predicted molar refractivity (Wildman–Crippen MR) is 148 cm³/mol. The van der Waals surface area contributed by atoms with Gasteiger partial charge in [-0.1, -0.05) is 39.8 Å². The van der Waals surface area contributed by atoms with Crippen molar-refractivity contribution >= 4 is 33.3 Å². The summed E-state index contributed by atoms with van der Waals surface area (Å²) in [7, 11) is 3.68. The minimum atomic E-state index is -0.979. The number of aliphatic hydroxyl groups is 1. The Morgan fingerprint density at radius 3 is 2.59 bits per heavy atom. The summed E-state index contributed by atoms with van der Waals surface area (Å²) in [6, 6.07) is 13.2. The normalized spacial score (nSPS) is 18.7. The second kappa shape index (κ2) is 10.2. The highest BCUT2D eigenvalue weighted by Crippen LogP contribution is 2.43. The molecule has 7 heteroatoms. The van der Waals surface area contributed by atoms with E-state index in [-0.39, 0.29) is 5.41 Å². The maximum Gasteiger partial charge on any atom is 0.137 e. The van der Waals surface area contributed by atoms with Gasteiger partial charge in [-0.05, 0) is 83.9 Å². The quantitative estimate of drug-likeness (QED) is 0.479. The molecule has 0 saturated carbocycles. The first-order valence-electron chi connectivity index (χ1n) is 12.7. The number of benzene rings is 2. The Bertz CT molecular complexity index is 1000. The summed E-state index contributed by atoms with van der Waals surface area (Å²) in [6.45, 7) is 12.5. The molecule has 0 atom stereocenters. The SMILES string of the molecule is BC(B)(O)c1cc(SN2CC(C)(C)Cc3cc(C(C)C)ccc32)ccc1OCC1CCOCC1. The zero-order chi connectivity index (χ0) is 24.5. The van der Waals surface area contributed by atoms with Crippen molar-refractivity contribution in [3.8, 4) is 5.75 Å². The molecule has 2 aromatic rings. The summed E-state index contributed by atoms with van der Waals surface area (Å²) >= 11 is 1.76. The van der Waals surface area contributed by atoms with Crippen molar-refractivity contribution < 1.29 is 14.6 Å². The first-order chi connectivity index (χ1) is 16.0. The number of nitrogens with zero attached hydrogens (tertiary/aromatic N) is 1. The second-order valence-electron chi connectivity index (χ2n) is 11.6. The molecule has 4 nitrogen and oxygen atoms in total. The van der Waals surface area contributed by atoms with Crippen LogP contribution in [-0.2, 0) is 16.6 Å². The van der Waals surface area contributed by atoms with Crippen LogP contribution in [0.1, 0.15) is 63.1 Å². The van der Waals surface area contributed by atoms with Crippen LogP contribution in [0.25, 0.3) is 0 Å². The number of ether oxygens (including phenoxy) is 2. The maximum absolute atomic E-state index is 10.9. The van der Waals surface area contributed by atoms with Crippen LogP contribution in [0.3, 0.4) is 0 Å². The highest BCUT2D eigenvalue weighted by Gasteiger charge is 2.32. The molecule has 2 aliphatic rings. The van der Waals surface area contributed by atoms with Gasteiger partial charge in [-0.15, -0.1) is 0 Å². The van der Waals surface area contributed by atoms with Gasteiger partial charge in [0.25, 0.3) is 0 Å². The van der Waals surface area contributed by atoms with Crippen molar-refractivity contribution in [2.45, 2.75) is 63.2 Å². The van der Waals surface area contributed by atoms with Crippen molar-refractivity contribution in [2.75, 3.05) is 30.7 Å². The molecule has 0 bridgehead atoms. The lowest BCUT2D eigenvalue weighted by atomic mass is 9.61. The van der Waals surface area contributed by atoms with Gasteiger partial charge >= 0.3 is 0 Å². The number of rotatable bonds is 7. The van der Waals surface area contributed by atoms with E-state index in [2.05, 4.69) is 62.3 Å². The molecule has 2 aromatic carbocycles. The molecule has 2 heterocycles. The van der Waals surface area contributed by atoms with E-state index in [0.717, 1.165) is 55.2 Å². The zero-order valence-electron chi connectivity index (χ0n) is 21.7. The molecule has 0 aromatic heterocycles. The Balaban J connectivity index is 1.57. The van der Waals surface area contributed by atoms with Gasteiger partial charge in [-0.3, -0.25) is 0 Å². The molecule has 0 spiro atoms. The van der Waals surface area contributed by atoms with E-state index in [9.17, 15) is 5.11 Å². The van der Waals surface area contributed by atoms with Gasteiger partial charge in [-0.2, -0.15) is 0 Å². The third kappa shape index (κ3) is 6.16. The molecule has 2 aliphatic heterocycles. The van der Waals surface area contributed by atoms with Crippen molar-refractivity contribution in [2.24, 2.45) is 11.3 Å². The third-order valence-electron chi connectivity index (χ3n) is 6.92. The highest BCUT2D eigenvalue weighted by molar-refractivity contribution is 8.00. The van der Waals surface area contributed by atoms with Crippen LogP contribution in [0, 0.1) is 11.3 Å². The average Bonchev–Trinajstić information content (AvgIpc) is 2.77. The lowest BCUT2D eigenvalue weighted by Crippen LogP contribution is -2.36. The van der Waals surface area contributed by atoms with E-state index >= 15 is 0 Å². The van der Waals surface area contributed by atoms with E-state index < -0.39 is 5.40 Å². The topological polar surface area (TPSA) is 41.9 Å². The Kier molecular flexibility index (Phi) is 7.66. The summed E-state index contributed by atoms with van der Waals surface area (Å²) in [5.74, 6) is 1.82. The molecule has 182 valence electrons. The monoisotopic (exact) mass is 479 g/mol. The molecule has 1 N–H and O–H groups in total. The van der Waals surface area contributed by atoms with Crippen molar-refractivity contribution in [3.63, 3.8) is 0 Å². The van der Waals surface area contributed by atoms with Gasteiger partial charge < -0.3 is 18.9 Å². The van der Waals surface area contributed by atoms with Gasteiger partial charge in [0.05, 0.1) is 12.3 Å². The molecule has 0 aliphatic carbocycles. The molecule has 1 saturated heterocycles. The molecule has 34 heavy (non-hydrogen) atoms. The molecular formula is C27H39B2NO3S. The van der Waals surface area contributed by atoms with E-state index in [1.54, 1.807) is 11.9 Å². The van der Waals surface area contributed by atoms with Crippen molar-refractivity contribution in [3.05, 3.63) is 53.1 Å². The molecular weight excluding hydrogens is 440 g/mol. The molecule has 0 radical (unpaired) electrons. The van der Waals surface area contributed by atoms with Crippen LogP contribution in [0.5, 0.6) is 5.75 Å². The summed E-state index contributed by atoms with van der Waals surface area (Å²) in [6.07, 6.45) is 3.16. The number of hydrogen-bond donors (Lipinski definition) is 1. The van der Waals surface area contributed by atoms with Gasteiger partial charge in [0, 0.05) is 35.6 Å². The van der Waals surface area contributed by atoms with Crippen LogP contribution in [0.15, 0.2) is 41.3 Å². The number of fused-ring (bicyclic) bond motifs is 1. The summed E-state index contributed by atoms with van der Waals surface area (Å²) < 4.78 is 14.1. The fraction of sp³-hybridized carbons (Fsp3) is 0.556. The summed E-state index contributed by atoms with van der Waals surface area (Å²) in [4.78, 5) is 1.12. The van der Waals surface area contributed by atoms with Crippen molar-refractivity contribution in [1.29, 1.82) is 0 Å². The Labute approximate surface area is 211 Å². The highest BCUT2D eigenvalue weighted by atomic mass is 32.2. The Hall–Kier alpha value is -1.56. The second-order valence-corrected chi connectivity index (χ2v) is 12.7. The first kappa shape index (κ1) is 25.5. The fourth-order valence-corrected chi connectivity index (χ4v) is 6.14. The van der Waals surface area contributed by atoms with Gasteiger partial charge in [0.1, 0.15) is 21.4 Å². The Morgan fingerprint density at radius 2 is 1.91 bits per heavy atom. The predicted octanol–water partition coefficient (Wildman–Crippen LogP) is 4.08. The number of hydrogen-bond acceptors (Lipinski definition) is 5. The largest absolute Gasteiger partial charge is 0.493 e. The minimum absolute atomic E-state index is 0.196. The van der Waals surface area contributed by atoms with E-state index in [4.69, 9.17) is 9.47 Å². The minimum Gasteiger partial charge on any atom is -0.493 e. The lowest BCUT2D eigenvalue weighted by molar-refractivity contribution is 0.0492. The summed E-state index contributed by atoms with van der Waals surface area (Å²) in [5, 5.41) is 9.96. The molecule has 1 fully saturated rings. The zero-order valence-corrected chi connectivity index (χ0v) is 22.5. The lowest BCUT2D eigenvalue weighted by Gasteiger charge is -2.40. The summed E-state index contributed by atoms with van der Waals surface area (Å²) in [5.41, 5.74) is 5.17. The average molecular weight is 479 g/mol. The van der Waals surface area contributed by atoms with Crippen LogP contribution < -0.4 is 9.04 Å². The van der Waals surface area contributed by atoms with E-state index in [1.165, 1.54) is 16.8 Å². The van der Waals surface area contributed by atoms with Crippen LogP contribution >= 0.6 is 11.9 Å². The van der Waals surface area contributed by atoms with Gasteiger partial charge in [-0.25, -0.2) is 0 Å². The van der Waals surface area contributed by atoms with Crippen LogP contribution in [0.4, 0.5) is 5.69 Å². The first-order valence-corrected chi connectivity index (χ1v) is 13.4. The molecule has 4 rings (SSSR count). The van der Waals surface area contributed by atoms with Crippen LogP contribution in [-0.4, -0.2) is 47.2 Å². The third-order valence-corrected chi connectivity index (χ3v) is 7.93. The molecule has 0 amide bonds. The van der Waals surface area contributed by atoms with Gasteiger partial charge in [0.15, 0.2) is 0 Å². The van der Waals surface area contributed by atoms with E-state index in [0.29, 0.717) is 18.4 Å². The van der Waals surface area contributed by atoms with Gasteiger partial charge in [0.2, 0.25) is 0 Å². The van der Waals surface area contributed by atoms with Crippen molar-refractivity contribution in [1.82, 2.24) is 0 Å². The number of anilines is 1. The molecule has 0 unspecified atom stereocenters. The smallest absolute Gasteiger partial charge is 0.137 e. The van der Waals surface area contributed by atoms with E-state index in [1.807, 2.05) is 21.8 Å². The Morgan fingerprint density at radius 1 is 1.18 bits per heavy atom. The standard InChI is InChI=1S/C27H39B2NO3S/c1-18(2)20-5-7-24-21(13-20)15-26(3,4)17-30(24)34-22-6-8-25(23(14-22)27(28,29)31)33-16-19-9-11-32-12-10-19/h5-8,13-14,18-19,31H,9-12,15-17,28-29H2,1-4H3.